The van der Waals surface area contributed by atoms with Crippen LogP contribution in [0, 0.1) is 0 Å². The summed E-state index contributed by atoms with van der Waals surface area (Å²) in [6.45, 7) is 4.99. The molecule has 1 aromatic carbocycles. The fraction of sp³-hybridized carbons (Fsp3) is 0.308. The molecule has 1 aromatic heterocycles. The summed E-state index contributed by atoms with van der Waals surface area (Å²) in [6, 6.07) is 6.45. The van der Waals surface area contributed by atoms with Gasteiger partial charge in [-0.15, -0.1) is 11.3 Å². The quantitative estimate of drug-likeness (QED) is 0.756. The van der Waals surface area contributed by atoms with Crippen LogP contribution in [-0.2, 0) is 10.0 Å². The Labute approximate surface area is 128 Å². The maximum Gasteiger partial charge on any atom is 0.238 e. The van der Waals surface area contributed by atoms with Gasteiger partial charge in [-0.3, -0.25) is 0 Å². The van der Waals surface area contributed by atoms with E-state index in [0.717, 1.165) is 23.1 Å². The third-order valence-electron chi connectivity index (χ3n) is 2.91. The predicted molar refractivity (Wildman–Crippen MR) is 85.3 cm³/mol. The van der Waals surface area contributed by atoms with Gasteiger partial charge in [0, 0.05) is 17.1 Å². The number of hydrogen-bond acceptors (Lipinski definition) is 6. The highest BCUT2D eigenvalue weighted by molar-refractivity contribution is 7.89. The summed E-state index contributed by atoms with van der Waals surface area (Å²) in [5.74, 6) is 0. The second kappa shape index (κ2) is 6.52. The second-order valence-corrected chi connectivity index (χ2v) is 6.97. The van der Waals surface area contributed by atoms with Gasteiger partial charge in [-0.2, -0.15) is 0 Å². The van der Waals surface area contributed by atoms with Gasteiger partial charge in [0.2, 0.25) is 10.0 Å². The lowest BCUT2D eigenvalue weighted by Gasteiger charge is -2.08. The fourth-order valence-corrected chi connectivity index (χ4v) is 3.14. The Morgan fingerprint density at radius 1 is 1.33 bits per heavy atom. The summed E-state index contributed by atoms with van der Waals surface area (Å²) in [5.41, 5.74) is 1.74. The maximum absolute atomic E-state index is 11.2. The molecule has 0 radical (unpaired) electrons. The van der Waals surface area contributed by atoms with Crippen molar-refractivity contribution >= 4 is 32.2 Å². The number of benzene rings is 1. The number of nitrogens with one attached hydrogen (secondary N) is 2. The Morgan fingerprint density at radius 2 is 2.00 bits per heavy atom. The molecule has 0 amide bonds. The molecule has 8 heteroatoms. The Kier molecular flexibility index (Phi) is 4.94. The zero-order chi connectivity index (χ0) is 15.5. The number of anilines is 2. The van der Waals surface area contributed by atoms with Crippen LogP contribution >= 0.6 is 11.3 Å². The minimum Gasteiger partial charge on any atom is -0.332 e. The van der Waals surface area contributed by atoms with Crippen molar-refractivity contribution < 1.29 is 8.42 Å². The average molecular weight is 326 g/mol. The van der Waals surface area contributed by atoms with Gasteiger partial charge in [0.1, 0.15) is 0 Å². The van der Waals surface area contributed by atoms with Gasteiger partial charge in [-0.05, 0) is 37.7 Å². The molecular weight excluding hydrogens is 308 g/mol. The van der Waals surface area contributed by atoms with Crippen LogP contribution in [0.3, 0.4) is 0 Å². The molecule has 1 unspecified atom stereocenters. The van der Waals surface area contributed by atoms with Crippen molar-refractivity contribution in [2.75, 3.05) is 11.9 Å². The SMILES string of the molecule is CCNC(C)c1csc(Nc2ccc(S(N)(=O)=O)cc2)n1. The third kappa shape index (κ3) is 4.24. The highest BCUT2D eigenvalue weighted by atomic mass is 32.2. The van der Waals surface area contributed by atoms with Crippen molar-refractivity contribution in [3.63, 3.8) is 0 Å². The first-order chi connectivity index (χ1) is 9.90. The number of sulfonamides is 1. The summed E-state index contributed by atoms with van der Waals surface area (Å²) < 4.78 is 22.4. The molecule has 2 aromatic rings. The summed E-state index contributed by atoms with van der Waals surface area (Å²) in [7, 11) is -3.65. The van der Waals surface area contributed by atoms with Crippen molar-refractivity contribution in [3.05, 3.63) is 35.3 Å². The highest BCUT2D eigenvalue weighted by Gasteiger charge is 2.10. The fourth-order valence-electron chi connectivity index (χ4n) is 1.80. The van der Waals surface area contributed by atoms with E-state index in [9.17, 15) is 8.42 Å². The summed E-state index contributed by atoms with van der Waals surface area (Å²) in [4.78, 5) is 4.59. The van der Waals surface area contributed by atoms with Gasteiger partial charge in [0.25, 0.3) is 0 Å². The molecule has 0 aliphatic carbocycles. The number of nitrogens with zero attached hydrogens (tertiary/aromatic N) is 1. The Hall–Kier alpha value is -1.48. The third-order valence-corrected chi connectivity index (χ3v) is 4.62. The van der Waals surface area contributed by atoms with Crippen LogP contribution in [0.2, 0.25) is 0 Å². The molecule has 6 nitrogen and oxygen atoms in total. The van der Waals surface area contributed by atoms with E-state index in [-0.39, 0.29) is 10.9 Å². The van der Waals surface area contributed by atoms with E-state index >= 15 is 0 Å². The standard InChI is InChI=1S/C13H18N4O2S2/c1-3-15-9(2)12-8-20-13(17-12)16-10-4-6-11(7-5-10)21(14,18)19/h4-9,15H,3H2,1-2H3,(H,16,17)(H2,14,18,19). The van der Waals surface area contributed by atoms with E-state index in [1.807, 2.05) is 5.38 Å². The predicted octanol–water partition coefficient (Wildman–Crippen LogP) is 2.20. The van der Waals surface area contributed by atoms with Crippen LogP contribution in [0.4, 0.5) is 10.8 Å². The molecule has 21 heavy (non-hydrogen) atoms. The van der Waals surface area contributed by atoms with E-state index in [4.69, 9.17) is 5.14 Å². The molecule has 114 valence electrons. The van der Waals surface area contributed by atoms with Gasteiger partial charge in [0.15, 0.2) is 5.13 Å². The minimum absolute atomic E-state index is 0.0913. The van der Waals surface area contributed by atoms with Gasteiger partial charge < -0.3 is 10.6 Å². The normalized spacial score (nSPS) is 13.1. The Bertz CT molecular complexity index is 695. The second-order valence-electron chi connectivity index (χ2n) is 4.55. The van der Waals surface area contributed by atoms with E-state index in [0.29, 0.717) is 0 Å². The monoisotopic (exact) mass is 326 g/mol. The van der Waals surface area contributed by atoms with Crippen molar-refractivity contribution in [3.8, 4) is 0 Å². The lowest BCUT2D eigenvalue weighted by molar-refractivity contribution is 0.587. The number of nitrogens with two attached hydrogens (primary N) is 1. The molecule has 0 aliphatic heterocycles. The molecular formula is C13H18N4O2S2. The highest BCUT2D eigenvalue weighted by Crippen LogP contribution is 2.24. The van der Waals surface area contributed by atoms with Crippen LogP contribution in [0.25, 0.3) is 0 Å². The lowest BCUT2D eigenvalue weighted by atomic mass is 10.2. The van der Waals surface area contributed by atoms with Gasteiger partial charge >= 0.3 is 0 Å². The summed E-state index contributed by atoms with van der Waals surface area (Å²) >= 11 is 1.50. The van der Waals surface area contributed by atoms with Crippen molar-refractivity contribution in [2.24, 2.45) is 5.14 Å². The van der Waals surface area contributed by atoms with Gasteiger partial charge in [0.05, 0.1) is 10.6 Å². The topological polar surface area (TPSA) is 97.1 Å². The first kappa shape index (κ1) is 15.9. The van der Waals surface area contributed by atoms with Gasteiger partial charge in [-0.25, -0.2) is 18.5 Å². The zero-order valence-corrected chi connectivity index (χ0v) is 13.5. The van der Waals surface area contributed by atoms with Crippen molar-refractivity contribution in [2.45, 2.75) is 24.8 Å². The van der Waals surface area contributed by atoms with E-state index in [1.54, 1.807) is 12.1 Å². The number of primary sulfonamides is 1. The maximum atomic E-state index is 11.2. The molecule has 1 heterocycles. The van der Waals surface area contributed by atoms with Crippen molar-refractivity contribution in [1.82, 2.24) is 10.3 Å². The van der Waals surface area contributed by atoms with Crippen LogP contribution < -0.4 is 15.8 Å². The summed E-state index contributed by atoms with van der Waals surface area (Å²) in [5, 5.41) is 14.3. The molecule has 0 saturated heterocycles. The molecule has 0 bridgehead atoms. The lowest BCUT2D eigenvalue weighted by Crippen LogP contribution is -2.17. The summed E-state index contributed by atoms with van der Waals surface area (Å²) in [6.07, 6.45) is 0. The number of hydrogen-bond donors (Lipinski definition) is 3. The molecule has 0 saturated carbocycles. The largest absolute Gasteiger partial charge is 0.332 e. The first-order valence-electron chi connectivity index (χ1n) is 6.49. The Balaban J connectivity index is 2.08. The van der Waals surface area contributed by atoms with Crippen LogP contribution in [0.1, 0.15) is 25.6 Å². The number of rotatable bonds is 6. The van der Waals surface area contributed by atoms with E-state index in [2.05, 4.69) is 29.5 Å². The molecule has 0 fully saturated rings. The zero-order valence-electron chi connectivity index (χ0n) is 11.8. The first-order valence-corrected chi connectivity index (χ1v) is 8.91. The molecule has 0 aliphatic rings. The molecule has 2 rings (SSSR count). The minimum atomic E-state index is -3.65. The van der Waals surface area contributed by atoms with Crippen LogP contribution in [0.5, 0.6) is 0 Å². The van der Waals surface area contributed by atoms with E-state index < -0.39 is 10.0 Å². The Morgan fingerprint density at radius 3 is 2.57 bits per heavy atom. The van der Waals surface area contributed by atoms with Gasteiger partial charge in [-0.1, -0.05) is 6.92 Å². The van der Waals surface area contributed by atoms with Crippen molar-refractivity contribution in [1.29, 1.82) is 0 Å². The average Bonchev–Trinajstić information content (AvgIpc) is 2.87. The number of thiazole rings is 1. The molecule has 4 N–H and O–H groups in total. The smallest absolute Gasteiger partial charge is 0.238 e. The van der Waals surface area contributed by atoms with Crippen LogP contribution in [0.15, 0.2) is 34.5 Å². The molecule has 1 atom stereocenters. The molecule has 0 spiro atoms. The number of aromatic nitrogens is 1. The van der Waals surface area contributed by atoms with Crippen LogP contribution in [-0.4, -0.2) is 19.9 Å². The van der Waals surface area contributed by atoms with E-state index in [1.165, 1.54) is 23.5 Å².